The second kappa shape index (κ2) is 10.4. The highest BCUT2D eigenvalue weighted by atomic mass is 35.5. The summed E-state index contributed by atoms with van der Waals surface area (Å²) in [7, 11) is 1.87. The van der Waals surface area contributed by atoms with E-state index in [-0.39, 0.29) is 43.2 Å². The first kappa shape index (κ1) is 20.7. The van der Waals surface area contributed by atoms with Gasteiger partial charge in [0.2, 0.25) is 5.91 Å². The molecule has 0 fully saturated rings. The second-order valence-electron chi connectivity index (χ2n) is 4.41. The van der Waals surface area contributed by atoms with Gasteiger partial charge in [-0.25, -0.2) is 4.98 Å². The van der Waals surface area contributed by atoms with Crippen LogP contribution in [0.5, 0.6) is 0 Å². The Bertz CT molecular complexity index is 567. The lowest BCUT2D eigenvalue weighted by Gasteiger charge is -2.10. The largest absolute Gasteiger partial charge is 0.354 e. The first-order valence-electron chi connectivity index (χ1n) is 6.33. The predicted molar refractivity (Wildman–Crippen MR) is 92.9 cm³/mol. The van der Waals surface area contributed by atoms with Gasteiger partial charge in [-0.05, 0) is 14.0 Å². The molecule has 2 rings (SSSR count). The summed E-state index contributed by atoms with van der Waals surface area (Å²) in [4.78, 5) is 24.4. The fourth-order valence-corrected chi connectivity index (χ4v) is 2.29. The first-order chi connectivity index (χ1) is 9.69. The molecule has 6 nitrogen and oxygen atoms in total. The van der Waals surface area contributed by atoms with E-state index in [1.807, 2.05) is 19.4 Å². The van der Waals surface area contributed by atoms with Gasteiger partial charge in [0.15, 0.2) is 0 Å². The number of thiazole rings is 1. The molecule has 0 saturated heterocycles. The molecule has 0 aliphatic carbocycles. The molecule has 1 atom stereocenters. The number of hydrogen-bond donors (Lipinski definition) is 2. The smallest absolute Gasteiger partial charge is 0.226 e. The van der Waals surface area contributed by atoms with Crippen molar-refractivity contribution < 1.29 is 4.79 Å². The van der Waals surface area contributed by atoms with Gasteiger partial charge in [0, 0.05) is 30.4 Å². The summed E-state index contributed by atoms with van der Waals surface area (Å²) >= 11 is 1.47. The van der Waals surface area contributed by atoms with Crippen LogP contribution in [0, 0.1) is 0 Å². The average Bonchev–Trinajstić information content (AvgIpc) is 2.94. The van der Waals surface area contributed by atoms with E-state index in [9.17, 15) is 4.79 Å². The van der Waals surface area contributed by atoms with Gasteiger partial charge in [-0.1, -0.05) is 0 Å². The lowest BCUT2D eigenvalue weighted by atomic mass is 10.3. The van der Waals surface area contributed by atoms with Crippen LogP contribution in [0.15, 0.2) is 24.0 Å². The van der Waals surface area contributed by atoms with Gasteiger partial charge in [0.05, 0.1) is 18.3 Å². The Morgan fingerprint density at radius 3 is 2.77 bits per heavy atom. The van der Waals surface area contributed by atoms with E-state index < -0.39 is 0 Å². The molecular formula is C13H19Cl2N5OS. The van der Waals surface area contributed by atoms with Crippen molar-refractivity contribution in [3.8, 4) is 10.7 Å². The van der Waals surface area contributed by atoms with Gasteiger partial charge in [0.25, 0.3) is 0 Å². The van der Waals surface area contributed by atoms with Crippen molar-refractivity contribution in [2.24, 2.45) is 0 Å². The Labute approximate surface area is 146 Å². The van der Waals surface area contributed by atoms with Crippen LogP contribution in [-0.2, 0) is 11.2 Å². The normalized spacial score (nSPS) is 11.0. The van der Waals surface area contributed by atoms with Crippen LogP contribution in [0.1, 0.15) is 12.6 Å². The van der Waals surface area contributed by atoms with Gasteiger partial charge < -0.3 is 10.6 Å². The SMILES string of the molecule is CNC(C)CNC(=O)Cc1csc(-c2cnccn2)n1.Cl.Cl. The zero-order valence-electron chi connectivity index (χ0n) is 12.3. The minimum Gasteiger partial charge on any atom is -0.354 e. The Morgan fingerprint density at radius 1 is 1.36 bits per heavy atom. The highest BCUT2D eigenvalue weighted by molar-refractivity contribution is 7.13. The Kier molecular flexibility index (Phi) is 9.84. The number of likely N-dealkylation sites (N-methyl/N-ethyl adjacent to an activating group) is 1. The maximum Gasteiger partial charge on any atom is 0.226 e. The molecule has 1 amide bonds. The van der Waals surface area contributed by atoms with Gasteiger partial charge >= 0.3 is 0 Å². The third-order valence-corrected chi connectivity index (χ3v) is 3.69. The van der Waals surface area contributed by atoms with E-state index in [1.165, 1.54) is 11.3 Å². The lowest BCUT2D eigenvalue weighted by molar-refractivity contribution is -0.120. The van der Waals surface area contributed by atoms with Gasteiger partial charge in [-0.3, -0.25) is 14.8 Å². The van der Waals surface area contributed by atoms with E-state index in [0.29, 0.717) is 6.54 Å². The molecule has 122 valence electrons. The van der Waals surface area contributed by atoms with Crippen LogP contribution in [0.3, 0.4) is 0 Å². The molecule has 0 spiro atoms. The number of aromatic nitrogens is 3. The fourth-order valence-electron chi connectivity index (χ4n) is 1.51. The van der Waals surface area contributed by atoms with Crippen LogP contribution in [0.25, 0.3) is 10.7 Å². The van der Waals surface area contributed by atoms with Crippen molar-refractivity contribution in [3.05, 3.63) is 29.7 Å². The van der Waals surface area contributed by atoms with Crippen molar-refractivity contribution in [2.75, 3.05) is 13.6 Å². The number of nitrogens with one attached hydrogen (secondary N) is 2. The number of rotatable bonds is 6. The molecule has 1 unspecified atom stereocenters. The molecule has 0 aromatic carbocycles. The monoisotopic (exact) mass is 363 g/mol. The van der Waals surface area contributed by atoms with E-state index in [2.05, 4.69) is 25.6 Å². The van der Waals surface area contributed by atoms with Crippen LogP contribution >= 0.6 is 36.2 Å². The molecule has 22 heavy (non-hydrogen) atoms. The number of nitrogens with zero attached hydrogens (tertiary/aromatic N) is 3. The summed E-state index contributed by atoms with van der Waals surface area (Å²) in [5.41, 5.74) is 1.48. The fraction of sp³-hybridized carbons (Fsp3) is 0.385. The standard InChI is InChI=1S/C13H17N5OS.2ClH/c1-9(14-2)6-17-12(19)5-10-8-20-13(18-10)11-7-15-3-4-16-11;;/h3-4,7-9,14H,5-6H2,1-2H3,(H,17,19);2*1H. The Hall–Kier alpha value is -1.28. The first-order valence-corrected chi connectivity index (χ1v) is 7.21. The Morgan fingerprint density at radius 2 is 2.14 bits per heavy atom. The molecule has 0 saturated carbocycles. The van der Waals surface area contributed by atoms with Crippen molar-refractivity contribution in [1.29, 1.82) is 0 Å². The zero-order chi connectivity index (χ0) is 14.4. The van der Waals surface area contributed by atoms with Gasteiger partial charge in [0.1, 0.15) is 10.7 Å². The summed E-state index contributed by atoms with van der Waals surface area (Å²) in [6.45, 7) is 2.62. The van der Waals surface area contributed by atoms with Crippen LogP contribution in [-0.4, -0.2) is 40.5 Å². The van der Waals surface area contributed by atoms with E-state index in [4.69, 9.17) is 0 Å². The predicted octanol–water partition coefficient (Wildman–Crippen LogP) is 1.71. The number of carbonyl (C=O) groups excluding carboxylic acids is 1. The summed E-state index contributed by atoms with van der Waals surface area (Å²) in [6.07, 6.45) is 5.20. The van der Waals surface area contributed by atoms with Gasteiger partial charge in [-0.15, -0.1) is 36.2 Å². The van der Waals surface area contributed by atoms with Crippen molar-refractivity contribution >= 4 is 42.1 Å². The molecule has 0 aliphatic rings. The van der Waals surface area contributed by atoms with Gasteiger partial charge in [-0.2, -0.15) is 0 Å². The van der Waals surface area contributed by atoms with E-state index in [0.717, 1.165) is 16.4 Å². The summed E-state index contributed by atoms with van der Waals surface area (Å²) in [5.74, 6) is -0.0249. The number of carbonyl (C=O) groups is 1. The maximum atomic E-state index is 11.8. The molecule has 0 bridgehead atoms. The quantitative estimate of drug-likeness (QED) is 0.816. The molecule has 9 heteroatoms. The van der Waals surface area contributed by atoms with Crippen LogP contribution in [0.4, 0.5) is 0 Å². The highest BCUT2D eigenvalue weighted by Crippen LogP contribution is 2.20. The molecule has 0 radical (unpaired) electrons. The molecule has 2 heterocycles. The number of amides is 1. The third-order valence-electron chi connectivity index (χ3n) is 2.77. The van der Waals surface area contributed by atoms with E-state index in [1.54, 1.807) is 18.6 Å². The highest BCUT2D eigenvalue weighted by Gasteiger charge is 2.10. The number of halogens is 2. The third kappa shape index (κ3) is 6.23. The second-order valence-corrected chi connectivity index (χ2v) is 5.26. The lowest BCUT2D eigenvalue weighted by Crippen LogP contribution is -2.37. The van der Waals surface area contributed by atoms with Crippen LogP contribution < -0.4 is 10.6 Å². The molecule has 2 aromatic heterocycles. The Balaban J connectivity index is 0.00000220. The number of hydrogen-bond acceptors (Lipinski definition) is 6. The van der Waals surface area contributed by atoms with Crippen molar-refractivity contribution in [2.45, 2.75) is 19.4 Å². The van der Waals surface area contributed by atoms with Crippen molar-refractivity contribution in [1.82, 2.24) is 25.6 Å². The van der Waals surface area contributed by atoms with E-state index >= 15 is 0 Å². The minimum absolute atomic E-state index is 0. The maximum absolute atomic E-state index is 11.8. The molecule has 0 aliphatic heterocycles. The minimum atomic E-state index is -0.0249. The van der Waals surface area contributed by atoms with Crippen LogP contribution in [0.2, 0.25) is 0 Å². The van der Waals surface area contributed by atoms with Crippen molar-refractivity contribution in [3.63, 3.8) is 0 Å². The summed E-state index contributed by atoms with van der Waals surface area (Å²) < 4.78 is 0. The molecule has 2 aromatic rings. The summed E-state index contributed by atoms with van der Waals surface area (Å²) in [5, 5.41) is 8.59. The molecular weight excluding hydrogens is 345 g/mol. The topological polar surface area (TPSA) is 79.8 Å². The zero-order valence-corrected chi connectivity index (χ0v) is 14.7. The molecule has 2 N–H and O–H groups in total. The summed E-state index contributed by atoms with van der Waals surface area (Å²) in [6, 6.07) is 0.254. The average molecular weight is 364 g/mol.